The monoisotopic (exact) mass is 251 g/mol. The molecule has 0 saturated carbocycles. The van der Waals surface area contributed by atoms with Crippen LogP contribution in [-0.4, -0.2) is 29.7 Å². The number of carbonyl (C=O) groups excluding carboxylic acids is 1. The predicted molar refractivity (Wildman–Crippen MR) is 67.5 cm³/mol. The Bertz CT molecular complexity index is 431. The van der Waals surface area contributed by atoms with E-state index in [0.717, 1.165) is 12.0 Å². The minimum Gasteiger partial charge on any atom is -0.479 e. The molecule has 1 atom stereocenters. The van der Waals surface area contributed by atoms with Crippen LogP contribution in [0.2, 0.25) is 0 Å². The molecule has 1 aromatic rings. The molecule has 0 aliphatic carbocycles. The topological polar surface area (TPSA) is 75.6 Å². The Morgan fingerprint density at radius 2 is 2.17 bits per heavy atom. The maximum absolute atomic E-state index is 11.5. The quantitative estimate of drug-likeness (QED) is 0.806. The number of nitrogens with one attached hydrogen (secondary N) is 1. The molecule has 5 heteroatoms. The fraction of sp³-hybridized carbons (Fsp3) is 0.385. The Kier molecular flexibility index (Phi) is 5.32. The summed E-state index contributed by atoms with van der Waals surface area (Å²) in [5.74, 6) is -1.45. The third-order valence-electron chi connectivity index (χ3n) is 2.43. The highest BCUT2D eigenvalue weighted by atomic mass is 16.5. The molecular formula is C13H17NO4. The van der Waals surface area contributed by atoms with E-state index in [1.165, 1.54) is 6.92 Å². The zero-order valence-electron chi connectivity index (χ0n) is 10.5. The zero-order valence-corrected chi connectivity index (χ0v) is 10.5. The van der Waals surface area contributed by atoms with Crippen molar-refractivity contribution in [2.24, 2.45) is 0 Å². The summed E-state index contributed by atoms with van der Waals surface area (Å²) in [4.78, 5) is 22.0. The molecule has 98 valence electrons. The van der Waals surface area contributed by atoms with E-state index < -0.39 is 12.1 Å². The van der Waals surface area contributed by atoms with Crippen LogP contribution in [0.1, 0.15) is 19.4 Å². The van der Waals surface area contributed by atoms with E-state index in [0.29, 0.717) is 5.69 Å². The third kappa shape index (κ3) is 4.55. The molecular weight excluding hydrogens is 234 g/mol. The van der Waals surface area contributed by atoms with Gasteiger partial charge in [-0.15, -0.1) is 0 Å². The first-order valence-electron chi connectivity index (χ1n) is 5.76. The van der Waals surface area contributed by atoms with E-state index in [2.05, 4.69) is 5.32 Å². The largest absolute Gasteiger partial charge is 0.479 e. The molecule has 1 amide bonds. The van der Waals surface area contributed by atoms with Gasteiger partial charge in [0.05, 0.1) is 0 Å². The van der Waals surface area contributed by atoms with Crippen LogP contribution in [0.5, 0.6) is 0 Å². The van der Waals surface area contributed by atoms with Crippen molar-refractivity contribution in [2.75, 3.05) is 11.9 Å². The van der Waals surface area contributed by atoms with Crippen LogP contribution in [-0.2, 0) is 20.7 Å². The highest BCUT2D eigenvalue weighted by Gasteiger charge is 2.13. The molecule has 0 aliphatic heterocycles. The van der Waals surface area contributed by atoms with Gasteiger partial charge in [-0.3, -0.25) is 4.79 Å². The molecule has 0 heterocycles. The molecule has 18 heavy (non-hydrogen) atoms. The molecule has 0 saturated heterocycles. The maximum atomic E-state index is 11.5. The summed E-state index contributed by atoms with van der Waals surface area (Å²) < 4.78 is 4.88. The number of hydrogen-bond donors (Lipinski definition) is 2. The smallest absolute Gasteiger partial charge is 0.332 e. The van der Waals surface area contributed by atoms with Crippen molar-refractivity contribution in [1.29, 1.82) is 0 Å². The van der Waals surface area contributed by atoms with Crippen LogP contribution in [0.4, 0.5) is 5.69 Å². The number of carboxylic acid groups (broad SMARTS) is 1. The summed E-state index contributed by atoms with van der Waals surface area (Å²) in [5, 5.41) is 11.3. The van der Waals surface area contributed by atoms with Crippen LogP contribution in [0.3, 0.4) is 0 Å². The first-order chi connectivity index (χ1) is 8.52. The zero-order chi connectivity index (χ0) is 13.5. The number of hydrogen-bond acceptors (Lipinski definition) is 3. The maximum Gasteiger partial charge on any atom is 0.332 e. The number of carbonyl (C=O) groups is 2. The van der Waals surface area contributed by atoms with Gasteiger partial charge in [0.2, 0.25) is 5.91 Å². The number of rotatable bonds is 6. The highest BCUT2D eigenvalue weighted by molar-refractivity contribution is 5.91. The molecule has 5 nitrogen and oxygen atoms in total. The Morgan fingerprint density at radius 1 is 1.44 bits per heavy atom. The first-order valence-corrected chi connectivity index (χ1v) is 5.76. The van der Waals surface area contributed by atoms with Gasteiger partial charge >= 0.3 is 5.97 Å². The van der Waals surface area contributed by atoms with Gasteiger partial charge in [-0.25, -0.2) is 4.79 Å². The lowest BCUT2D eigenvalue weighted by atomic mass is 10.1. The number of aryl methyl sites for hydroxylation is 1. The molecule has 0 radical (unpaired) electrons. The van der Waals surface area contributed by atoms with Crippen molar-refractivity contribution < 1.29 is 19.4 Å². The molecule has 0 aromatic heterocycles. The lowest BCUT2D eigenvalue weighted by Gasteiger charge is -2.09. The van der Waals surface area contributed by atoms with Crippen molar-refractivity contribution in [3.05, 3.63) is 29.8 Å². The molecule has 1 rings (SSSR count). The molecule has 0 spiro atoms. The van der Waals surface area contributed by atoms with Crippen LogP contribution in [0.25, 0.3) is 0 Å². The number of amides is 1. The van der Waals surface area contributed by atoms with Crippen molar-refractivity contribution in [3.63, 3.8) is 0 Å². The molecule has 0 unspecified atom stereocenters. The summed E-state index contributed by atoms with van der Waals surface area (Å²) in [5.41, 5.74) is 1.80. The Morgan fingerprint density at radius 3 is 2.78 bits per heavy atom. The van der Waals surface area contributed by atoms with Gasteiger partial charge in [0.15, 0.2) is 6.10 Å². The second-order valence-electron chi connectivity index (χ2n) is 3.89. The number of benzene rings is 1. The van der Waals surface area contributed by atoms with Crippen molar-refractivity contribution in [2.45, 2.75) is 26.4 Å². The minimum atomic E-state index is -1.09. The number of anilines is 1. The second-order valence-corrected chi connectivity index (χ2v) is 3.89. The average molecular weight is 251 g/mol. The Labute approximate surface area is 106 Å². The summed E-state index contributed by atoms with van der Waals surface area (Å²) in [7, 11) is 0. The van der Waals surface area contributed by atoms with E-state index in [4.69, 9.17) is 9.84 Å². The SMILES string of the molecule is CCc1cccc(NC(=O)CO[C@@H](C)C(=O)O)c1. The highest BCUT2D eigenvalue weighted by Crippen LogP contribution is 2.10. The van der Waals surface area contributed by atoms with E-state index in [-0.39, 0.29) is 12.5 Å². The lowest BCUT2D eigenvalue weighted by molar-refractivity contribution is -0.150. The van der Waals surface area contributed by atoms with E-state index in [1.54, 1.807) is 6.07 Å². The number of aliphatic carboxylic acids is 1. The Hall–Kier alpha value is -1.88. The molecule has 0 fully saturated rings. The molecule has 0 aliphatic rings. The summed E-state index contributed by atoms with van der Waals surface area (Å²) in [6.07, 6.45) is -0.103. The van der Waals surface area contributed by atoms with Crippen molar-refractivity contribution in [3.8, 4) is 0 Å². The van der Waals surface area contributed by atoms with Crippen LogP contribution >= 0.6 is 0 Å². The summed E-state index contributed by atoms with van der Waals surface area (Å²) in [6.45, 7) is 3.13. The van der Waals surface area contributed by atoms with Crippen LogP contribution < -0.4 is 5.32 Å². The third-order valence-corrected chi connectivity index (χ3v) is 2.43. The van der Waals surface area contributed by atoms with Crippen LogP contribution in [0, 0.1) is 0 Å². The van der Waals surface area contributed by atoms with Gasteiger partial charge in [0.25, 0.3) is 0 Å². The molecule has 1 aromatic carbocycles. The van der Waals surface area contributed by atoms with E-state index >= 15 is 0 Å². The fourth-order valence-electron chi connectivity index (χ4n) is 1.34. The lowest BCUT2D eigenvalue weighted by Crippen LogP contribution is -2.26. The Balaban J connectivity index is 2.46. The van der Waals surface area contributed by atoms with E-state index in [1.807, 2.05) is 25.1 Å². The predicted octanol–water partition coefficient (Wildman–Crippen LogP) is 1.68. The van der Waals surface area contributed by atoms with E-state index in [9.17, 15) is 9.59 Å². The van der Waals surface area contributed by atoms with Gasteiger partial charge in [-0.1, -0.05) is 19.1 Å². The average Bonchev–Trinajstić information content (AvgIpc) is 2.36. The first kappa shape index (κ1) is 14.2. The normalized spacial score (nSPS) is 11.9. The summed E-state index contributed by atoms with van der Waals surface area (Å²) >= 11 is 0. The minimum absolute atomic E-state index is 0.274. The standard InChI is InChI=1S/C13H17NO4/c1-3-10-5-4-6-11(7-10)14-12(15)8-18-9(2)13(16)17/h4-7,9H,3,8H2,1-2H3,(H,14,15)(H,16,17)/t9-/m0/s1. The van der Waals surface area contributed by atoms with Gasteiger partial charge < -0.3 is 15.2 Å². The summed E-state index contributed by atoms with van der Waals surface area (Å²) in [6, 6.07) is 7.48. The molecule has 0 bridgehead atoms. The van der Waals surface area contributed by atoms with Crippen molar-refractivity contribution in [1.82, 2.24) is 0 Å². The number of carboxylic acids is 1. The fourth-order valence-corrected chi connectivity index (χ4v) is 1.34. The number of ether oxygens (including phenoxy) is 1. The van der Waals surface area contributed by atoms with Crippen LogP contribution in [0.15, 0.2) is 24.3 Å². The van der Waals surface area contributed by atoms with Gasteiger partial charge in [-0.2, -0.15) is 0 Å². The van der Waals surface area contributed by atoms with Crippen molar-refractivity contribution >= 4 is 17.6 Å². The molecule has 2 N–H and O–H groups in total. The van der Waals surface area contributed by atoms with Gasteiger partial charge in [0, 0.05) is 5.69 Å². The second kappa shape index (κ2) is 6.76. The van der Waals surface area contributed by atoms with Gasteiger partial charge in [-0.05, 0) is 31.0 Å². The van der Waals surface area contributed by atoms with Gasteiger partial charge in [0.1, 0.15) is 6.61 Å².